The lowest BCUT2D eigenvalue weighted by Crippen LogP contribution is -2.35. The molecule has 118 valence electrons. The molecular weight excluding hydrogens is 268 g/mol. The molecule has 21 heavy (non-hydrogen) atoms. The van der Waals surface area contributed by atoms with Crippen LogP contribution in [0.1, 0.15) is 18.4 Å². The molecule has 0 unspecified atom stereocenters. The van der Waals surface area contributed by atoms with Crippen LogP contribution in [0.25, 0.3) is 0 Å². The van der Waals surface area contributed by atoms with Crippen molar-refractivity contribution in [3.05, 3.63) is 17.7 Å². The van der Waals surface area contributed by atoms with Gasteiger partial charge in [-0.15, -0.1) is 0 Å². The number of rotatable bonds is 6. The van der Waals surface area contributed by atoms with Crippen LogP contribution in [-0.4, -0.2) is 45.9 Å². The van der Waals surface area contributed by atoms with Gasteiger partial charge in [0.05, 0.1) is 21.3 Å². The molecule has 2 rings (SSSR count). The summed E-state index contributed by atoms with van der Waals surface area (Å²) in [4.78, 5) is 2.44. The third-order valence-corrected chi connectivity index (χ3v) is 4.22. The first-order chi connectivity index (χ1) is 10.2. The summed E-state index contributed by atoms with van der Waals surface area (Å²) in [5.74, 6) is 2.79. The zero-order valence-corrected chi connectivity index (χ0v) is 13.2. The second-order valence-electron chi connectivity index (χ2n) is 5.45. The molecule has 0 aliphatic carbocycles. The van der Waals surface area contributed by atoms with Crippen molar-refractivity contribution in [3.8, 4) is 17.2 Å². The SMILES string of the molecule is COc1ccc(CN2CCC(CN)CC2)c(OC)c1OC. The Morgan fingerprint density at radius 3 is 2.24 bits per heavy atom. The van der Waals surface area contributed by atoms with Gasteiger partial charge < -0.3 is 19.9 Å². The number of piperidine rings is 1. The van der Waals surface area contributed by atoms with Crippen LogP contribution in [0.4, 0.5) is 0 Å². The molecule has 0 saturated carbocycles. The van der Waals surface area contributed by atoms with Crippen LogP contribution in [0.15, 0.2) is 12.1 Å². The Labute approximate surface area is 127 Å². The number of hydrogen-bond donors (Lipinski definition) is 1. The van der Waals surface area contributed by atoms with Gasteiger partial charge in [0, 0.05) is 12.1 Å². The second kappa shape index (κ2) is 7.52. The van der Waals surface area contributed by atoms with Gasteiger partial charge in [0.15, 0.2) is 11.5 Å². The molecule has 1 aromatic carbocycles. The van der Waals surface area contributed by atoms with Crippen molar-refractivity contribution in [1.29, 1.82) is 0 Å². The molecule has 5 heteroatoms. The molecule has 0 aromatic heterocycles. The number of methoxy groups -OCH3 is 3. The highest BCUT2D eigenvalue weighted by Gasteiger charge is 2.21. The zero-order valence-electron chi connectivity index (χ0n) is 13.2. The fraction of sp³-hybridized carbons (Fsp3) is 0.625. The third kappa shape index (κ3) is 3.60. The standard InChI is InChI=1S/C16H26N2O3/c1-19-14-5-4-13(15(20-2)16(14)21-3)11-18-8-6-12(10-17)7-9-18/h4-5,12H,6-11,17H2,1-3H3. The molecule has 0 radical (unpaired) electrons. The number of nitrogens with two attached hydrogens (primary N) is 1. The molecule has 1 aromatic rings. The summed E-state index contributed by atoms with van der Waals surface area (Å²) >= 11 is 0. The van der Waals surface area contributed by atoms with Crippen molar-refractivity contribution in [2.45, 2.75) is 19.4 Å². The van der Waals surface area contributed by atoms with E-state index in [9.17, 15) is 0 Å². The van der Waals surface area contributed by atoms with Crippen LogP contribution in [-0.2, 0) is 6.54 Å². The number of likely N-dealkylation sites (tertiary alicyclic amines) is 1. The highest BCUT2D eigenvalue weighted by molar-refractivity contribution is 5.55. The average Bonchev–Trinajstić information content (AvgIpc) is 2.54. The van der Waals surface area contributed by atoms with Crippen LogP contribution < -0.4 is 19.9 Å². The first-order valence-corrected chi connectivity index (χ1v) is 7.43. The number of benzene rings is 1. The lowest BCUT2D eigenvalue weighted by molar-refractivity contribution is 0.178. The van der Waals surface area contributed by atoms with Gasteiger partial charge in [-0.3, -0.25) is 4.90 Å². The molecule has 1 aliphatic heterocycles. The van der Waals surface area contributed by atoms with Crippen molar-refractivity contribution in [2.24, 2.45) is 11.7 Å². The van der Waals surface area contributed by atoms with E-state index in [1.54, 1.807) is 21.3 Å². The van der Waals surface area contributed by atoms with E-state index >= 15 is 0 Å². The number of hydrogen-bond acceptors (Lipinski definition) is 5. The van der Waals surface area contributed by atoms with Crippen LogP contribution in [0.2, 0.25) is 0 Å². The molecule has 1 fully saturated rings. The molecule has 1 heterocycles. The lowest BCUT2D eigenvalue weighted by atomic mass is 9.96. The molecule has 0 amide bonds. The summed E-state index contributed by atoms with van der Waals surface area (Å²) in [7, 11) is 4.94. The van der Waals surface area contributed by atoms with E-state index in [0.717, 1.165) is 37.5 Å². The molecule has 5 nitrogen and oxygen atoms in total. The van der Waals surface area contributed by atoms with E-state index in [-0.39, 0.29) is 0 Å². The predicted molar refractivity (Wildman–Crippen MR) is 83.2 cm³/mol. The quantitative estimate of drug-likeness (QED) is 0.868. The number of nitrogens with zero attached hydrogens (tertiary/aromatic N) is 1. The molecule has 1 saturated heterocycles. The highest BCUT2D eigenvalue weighted by Crippen LogP contribution is 2.40. The van der Waals surface area contributed by atoms with Gasteiger partial charge in [0.2, 0.25) is 5.75 Å². The highest BCUT2D eigenvalue weighted by atomic mass is 16.5. The molecule has 0 spiro atoms. The zero-order chi connectivity index (χ0) is 15.2. The summed E-state index contributed by atoms with van der Waals surface area (Å²) in [5.41, 5.74) is 6.87. The summed E-state index contributed by atoms with van der Waals surface area (Å²) < 4.78 is 16.3. The average molecular weight is 294 g/mol. The fourth-order valence-corrected chi connectivity index (χ4v) is 2.91. The third-order valence-electron chi connectivity index (χ3n) is 4.22. The Morgan fingerprint density at radius 2 is 1.71 bits per heavy atom. The molecule has 0 bridgehead atoms. The largest absolute Gasteiger partial charge is 0.493 e. The van der Waals surface area contributed by atoms with Gasteiger partial charge in [-0.25, -0.2) is 0 Å². The summed E-state index contributed by atoms with van der Waals surface area (Å²) in [6.07, 6.45) is 2.35. The van der Waals surface area contributed by atoms with Crippen LogP contribution in [0.3, 0.4) is 0 Å². The second-order valence-corrected chi connectivity index (χ2v) is 5.45. The topological polar surface area (TPSA) is 57.0 Å². The molecule has 1 aliphatic rings. The van der Waals surface area contributed by atoms with Crippen molar-refractivity contribution in [2.75, 3.05) is 41.0 Å². The van der Waals surface area contributed by atoms with Gasteiger partial charge in [0.25, 0.3) is 0 Å². The Hall–Kier alpha value is -1.46. The monoisotopic (exact) mass is 294 g/mol. The maximum absolute atomic E-state index is 5.75. The Morgan fingerprint density at radius 1 is 1.05 bits per heavy atom. The van der Waals surface area contributed by atoms with Crippen molar-refractivity contribution in [3.63, 3.8) is 0 Å². The first-order valence-electron chi connectivity index (χ1n) is 7.43. The van der Waals surface area contributed by atoms with Gasteiger partial charge in [-0.2, -0.15) is 0 Å². The number of ether oxygens (including phenoxy) is 3. The van der Waals surface area contributed by atoms with Crippen molar-refractivity contribution in [1.82, 2.24) is 4.90 Å². The van der Waals surface area contributed by atoms with Gasteiger partial charge in [-0.1, -0.05) is 6.07 Å². The van der Waals surface area contributed by atoms with Crippen LogP contribution in [0.5, 0.6) is 17.2 Å². The minimum Gasteiger partial charge on any atom is -0.493 e. The minimum absolute atomic E-state index is 0.661. The molecule has 0 atom stereocenters. The van der Waals surface area contributed by atoms with E-state index in [1.807, 2.05) is 6.07 Å². The first kappa shape index (κ1) is 15.9. The summed E-state index contributed by atoms with van der Waals surface area (Å²) in [6.45, 7) is 3.83. The van der Waals surface area contributed by atoms with Gasteiger partial charge in [0.1, 0.15) is 0 Å². The van der Waals surface area contributed by atoms with E-state index in [1.165, 1.54) is 12.8 Å². The normalized spacial score (nSPS) is 16.8. The van der Waals surface area contributed by atoms with Crippen LogP contribution in [0, 0.1) is 5.92 Å². The molecule has 2 N–H and O–H groups in total. The summed E-state index contributed by atoms with van der Waals surface area (Å²) in [5, 5.41) is 0. The maximum atomic E-state index is 5.75. The Balaban J connectivity index is 2.13. The lowest BCUT2D eigenvalue weighted by Gasteiger charge is -2.31. The Kier molecular flexibility index (Phi) is 5.70. The van der Waals surface area contributed by atoms with Gasteiger partial charge in [-0.05, 0) is 44.5 Å². The van der Waals surface area contributed by atoms with Crippen LogP contribution >= 0.6 is 0 Å². The Bertz CT molecular complexity index is 457. The van der Waals surface area contributed by atoms with E-state index in [4.69, 9.17) is 19.9 Å². The van der Waals surface area contributed by atoms with Crippen molar-refractivity contribution >= 4 is 0 Å². The van der Waals surface area contributed by atoms with E-state index in [2.05, 4.69) is 11.0 Å². The minimum atomic E-state index is 0.661. The summed E-state index contributed by atoms with van der Waals surface area (Å²) in [6, 6.07) is 3.98. The van der Waals surface area contributed by atoms with E-state index in [0.29, 0.717) is 17.4 Å². The van der Waals surface area contributed by atoms with Crippen molar-refractivity contribution < 1.29 is 14.2 Å². The predicted octanol–water partition coefficient (Wildman–Crippen LogP) is 1.88. The van der Waals surface area contributed by atoms with Gasteiger partial charge >= 0.3 is 0 Å². The fourth-order valence-electron chi connectivity index (χ4n) is 2.91. The van der Waals surface area contributed by atoms with E-state index < -0.39 is 0 Å². The maximum Gasteiger partial charge on any atom is 0.203 e. The smallest absolute Gasteiger partial charge is 0.203 e. The molecular formula is C16H26N2O3.